The molecule has 7 heteroatoms. The van der Waals surface area contributed by atoms with Crippen LogP contribution in [0.4, 0.5) is 0 Å². The fourth-order valence-electron chi connectivity index (χ4n) is 2.72. The van der Waals surface area contributed by atoms with E-state index in [-0.39, 0.29) is 17.0 Å². The number of aryl methyl sites for hydroxylation is 2. The molecule has 0 aliphatic carbocycles. The number of unbranched alkanes of at least 4 members (excludes halogenated alkanes) is 2. The van der Waals surface area contributed by atoms with Gasteiger partial charge in [-0.1, -0.05) is 26.7 Å². The molecule has 132 valence electrons. The van der Waals surface area contributed by atoms with Crippen molar-refractivity contribution in [2.75, 3.05) is 0 Å². The van der Waals surface area contributed by atoms with Crippen LogP contribution < -0.4 is 11.2 Å². The number of aromatic nitrogens is 4. The van der Waals surface area contributed by atoms with Crippen LogP contribution in [0.3, 0.4) is 0 Å². The minimum Gasteiger partial charge on any atom is -0.324 e. The molecule has 0 aliphatic rings. The lowest BCUT2D eigenvalue weighted by Gasteiger charge is -2.12. The average Bonchev–Trinajstić information content (AvgIpc) is 2.97. The molecule has 0 atom stereocenters. The van der Waals surface area contributed by atoms with Crippen LogP contribution in [0.25, 0.3) is 11.2 Å². The normalized spacial score (nSPS) is 11.3. The van der Waals surface area contributed by atoms with E-state index in [0.717, 1.165) is 25.7 Å². The molecule has 0 aromatic carbocycles. The molecule has 0 amide bonds. The van der Waals surface area contributed by atoms with Crippen LogP contribution in [0.5, 0.6) is 0 Å². The number of imidazole rings is 1. The first kappa shape index (κ1) is 18.2. The van der Waals surface area contributed by atoms with Crippen LogP contribution in [0, 0.1) is 0 Å². The standard InChI is InChI=1S/C17H26N4O3/c1-4-6-9-20-15-14(19(12-18-15)11-8-13(3)22)16(23)21(17(20)24)10-7-5-2/h12H,4-11H2,1-3H3. The molecule has 0 unspecified atom stereocenters. The summed E-state index contributed by atoms with van der Waals surface area (Å²) < 4.78 is 4.61. The summed E-state index contributed by atoms with van der Waals surface area (Å²) in [7, 11) is 0. The van der Waals surface area contributed by atoms with Crippen molar-refractivity contribution in [3.63, 3.8) is 0 Å². The van der Waals surface area contributed by atoms with Gasteiger partial charge in [0.1, 0.15) is 5.78 Å². The molecular formula is C17H26N4O3. The Kier molecular flexibility index (Phi) is 6.11. The Morgan fingerprint density at radius 1 is 1.04 bits per heavy atom. The molecule has 2 aromatic heterocycles. The van der Waals surface area contributed by atoms with Crippen LogP contribution in [-0.2, 0) is 24.4 Å². The molecule has 0 bridgehead atoms. The lowest BCUT2D eigenvalue weighted by atomic mass is 10.3. The highest BCUT2D eigenvalue weighted by atomic mass is 16.2. The van der Waals surface area contributed by atoms with Gasteiger partial charge in [0.25, 0.3) is 5.56 Å². The second kappa shape index (κ2) is 8.08. The minimum absolute atomic E-state index is 0.0578. The van der Waals surface area contributed by atoms with Gasteiger partial charge in [-0.25, -0.2) is 9.78 Å². The Labute approximate surface area is 140 Å². The van der Waals surface area contributed by atoms with Crippen molar-refractivity contribution in [3.8, 4) is 0 Å². The zero-order chi connectivity index (χ0) is 17.7. The number of carbonyl (C=O) groups is 1. The van der Waals surface area contributed by atoms with Crippen molar-refractivity contribution in [1.82, 2.24) is 18.7 Å². The summed E-state index contributed by atoms with van der Waals surface area (Å²) in [5.74, 6) is 0.0578. The van der Waals surface area contributed by atoms with Crippen LogP contribution in [0.15, 0.2) is 15.9 Å². The lowest BCUT2D eigenvalue weighted by Crippen LogP contribution is -2.40. The van der Waals surface area contributed by atoms with E-state index in [1.165, 1.54) is 11.5 Å². The summed E-state index contributed by atoms with van der Waals surface area (Å²) in [4.78, 5) is 41.1. The second-order valence-corrected chi connectivity index (χ2v) is 6.16. The summed E-state index contributed by atoms with van der Waals surface area (Å²) in [5, 5.41) is 0. The Balaban J connectivity index is 2.63. The maximum atomic E-state index is 12.8. The van der Waals surface area contributed by atoms with E-state index >= 15 is 0 Å². The van der Waals surface area contributed by atoms with Crippen molar-refractivity contribution < 1.29 is 4.79 Å². The van der Waals surface area contributed by atoms with E-state index in [9.17, 15) is 14.4 Å². The molecule has 0 saturated carbocycles. The molecule has 0 saturated heterocycles. The number of fused-ring (bicyclic) bond motifs is 1. The Bertz CT molecular complexity index is 829. The first-order valence-electron chi connectivity index (χ1n) is 8.69. The van der Waals surface area contributed by atoms with Gasteiger partial charge in [-0.3, -0.25) is 18.7 Å². The molecular weight excluding hydrogens is 308 g/mol. The highest BCUT2D eigenvalue weighted by Gasteiger charge is 2.17. The summed E-state index contributed by atoms with van der Waals surface area (Å²) in [6, 6.07) is 0. The van der Waals surface area contributed by atoms with Gasteiger partial charge in [0.15, 0.2) is 11.2 Å². The molecule has 2 heterocycles. The van der Waals surface area contributed by atoms with E-state index in [0.29, 0.717) is 37.2 Å². The molecule has 0 radical (unpaired) electrons. The third-order valence-electron chi connectivity index (χ3n) is 4.16. The minimum atomic E-state index is -0.308. The van der Waals surface area contributed by atoms with Crippen molar-refractivity contribution in [2.45, 2.75) is 72.5 Å². The average molecular weight is 334 g/mol. The van der Waals surface area contributed by atoms with E-state index in [4.69, 9.17) is 0 Å². The number of rotatable bonds is 9. The van der Waals surface area contributed by atoms with Crippen LogP contribution >= 0.6 is 0 Å². The van der Waals surface area contributed by atoms with Gasteiger partial charge in [-0.15, -0.1) is 0 Å². The number of Topliss-reactive ketones (excluding diaryl/α,β-unsaturated/α-hetero) is 1. The Hall–Kier alpha value is -2.18. The number of hydrogen-bond donors (Lipinski definition) is 0. The number of nitrogens with zero attached hydrogens (tertiary/aromatic N) is 4. The molecule has 0 N–H and O–H groups in total. The van der Waals surface area contributed by atoms with Crippen LogP contribution in [-0.4, -0.2) is 24.5 Å². The quantitative estimate of drug-likeness (QED) is 0.702. The zero-order valence-electron chi connectivity index (χ0n) is 14.7. The third kappa shape index (κ3) is 3.66. The van der Waals surface area contributed by atoms with Gasteiger partial charge >= 0.3 is 5.69 Å². The van der Waals surface area contributed by atoms with Gasteiger partial charge in [0.05, 0.1) is 6.33 Å². The molecule has 0 aliphatic heterocycles. The van der Waals surface area contributed by atoms with E-state index in [1.54, 1.807) is 15.5 Å². The van der Waals surface area contributed by atoms with Crippen molar-refractivity contribution >= 4 is 16.9 Å². The maximum absolute atomic E-state index is 12.8. The Morgan fingerprint density at radius 2 is 1.67 bits per heavy atom. The fraction of sp³-hybridized carbons (Fsp3) is 0.647. The number of carbonyl (C=O) groups excluding carboxylic acids is 1. The largest absolute Gasteiger partial charge is 0.332 e. The monoisotopic (exact) mass is 334 g/mol. The van der Waals surface area contributed by atoms with Crippen molar-refractivity contribution in [2.24, 2.45) is 0 Å². The summed E-state index contributed by atoms with van der Waals surface area (Å²) in [6.45, 7) is 6.96. The predicted molar refractivity (Wildman–Crippen MR) is 93.4 cm³/mol. The van der Waals surface area contributed by atoms with Gasteiger partial charge in [-0.05, 0) is 19.8 Å². The van der Waals surface area contributed by atoms with E-state index in [1.807, 2.05) is 6.92 Å². The zero-order valence-corrected chi connectivity index (χ0v) is 14.7. The molecule has 2 rings (SSSR count). The van der Waals surface area contributed by atoms with Crippen LogP contribution in [0.1, 0.15) is 52.9 Å². The molecule has 0 spiro atoms. The van der Waals surface area contributed by atoms with Crippen molar-refractivity contribution in [3.05, 3.63) is 27.2 Å². The number of ketones is 1. The summed E-state index contributed by atoms with van der Waals surface area (Å²) in [5.41, 5.74) is 0.251. The maximum Gasteiger partial charge on any atom is 0.332 e. The highest BCUT2D eigenvalue weighted by molar-refractivity contribution is 5.76. The van der Waals surface area contributed by atoms with Gasteiger partial charge < -0.3 is 4.57 Å². The second-order valence-electron chi connectivity index (χ2n) is 6.16. The molecule has 7 nitrogen and oxygen atoms in total. The van der Waals surface area contributed by atoms with E-state index in [2.05, 4.69) is 11.9 Å². The first-order valence-corrected chi connectivity index (χ1v) is 8.69. The topological polar surface area (TPSA) is 78.9 Å². The highest BCUT2D eigenvalue weighted by Crippen LogP contribution is 2.09. The lowest BCUT2D eigenvalue weighted by molar-refractivity contribution is -0.117. The van der Waals surface area contributed by atoms with E-state index < -0.39 is 0 Å². The molecule has 2 aromatic rings. The van der Waals surface area contributed by atoms with Crippen LogP contribution in [0.2, 0.25) is 0 Å². The van der Waals surface area contributed by atoms with Crippen molar-refractivity contribution in [1.29, 1.82) is 0 Å². The first-order chi connectivity index (χ1) is 11.5. The van der Waals surface area contributed by atoms with Gasteiger partial charge in [-0.2, -0.15) is 0 Å². The fourth-order valence-corrected chi connectivity index (χ4v) is 2.72. The SMILES string of the molecule is CCCCn1c(=O)c2c(ncn2CCC(C)=O)n(CCCC)c1=O. The smallest absolute Gasteiger partial charge is 0.324 e. The summed E-state index contributed by atoms with van der Waals surface area (Å²) >= 11 is 0. The Morgan fingerprint density at radius 3 is 2.25 bits per heavy atom. The van der Waals surface area contributed by atoms with Gasteiger partial charge in [0.2, 0.25) is 0 Å². The predicted octanol–water partition coefficient (Wildman–Crippen LogP) is 1.94. The third-order valence-corrected chi connectivity index (χ3v) is 4.16. The number of hydrogen-bond acceptors (Lipinski definition) is 4. The molecule has 24 heavy (non-hydrogen) atoms. The molecule has 0 fully saturated rings. The van der Waals surface area contributed by atoms with Gasteiger partial charge in [0, 0.05) is 26.1 Å². The summed E-state index contributed by atoms with van der Waals surface area (Å²) in [6.07, 6.45) is 5.38.